The van der Waals surface area contributed by atoms with E-state index in [9.17, 15) is 0 Å². The molecule has 0 bridgehead atoms. The average Bonchev–Trinajstić information content (AvgIpc) is 2.67. The standard InChI is InChI=1S/C10H14N2/c1-7-4-8(6-9(11)5-7)10(12)2-3-10/h4-6H,2-3,11-12H2,1H3. The molecule has 2 nitrogen and oxygen atoms in total. The normalized spacial score (nSPS) is 19.2. The first-order chi connectivity index (χ1) is 5.60. The molecule has 0 heterocycles. The first-order valence-corrected chi connectivity index (χ1v) is 4.27. The zero-order chi connectivity index (χ0) is 8.77. The predicted octanol–water partition coefficient (Wildman–Crippen LogP) is 1.53. The van der Waals surface area contributed by atoms with Gasteiger partial charge in [0.05, 0.1) is 0 Å². The summed E-state index contributed by atoms with van der Waals surface area (Å²) in [6.07, 6.45) is 2.19. The van der Waals surface area contributed by atoms with Gasteiger partial charge >= 0.3 is 0 Å². The van der Waals surface area contributed by atoms with Gasteiger partial charge in [-0.05, 0) is 43.0 Å². The topological polar surface area (TPSA) is 52.0 Å². The molecule has 0 spiro atoms. The fraction of sp³-hybridized carbons (Fsp3) is 0.400. The Labute approximate surface area is 72.6 Å². The van der Waals surface area contributed by atoms with Gasteiger partial charge in [-0.1, -0.05) is 6.07 Å². The Balaban J connectivity index is 2.44. The summed E-state index contributed by atoms with van der Waals surface area (Å²) in [5.74, 6) is 0. The highest BCUT2D eigenvalue weighted by molar-refractivity contribution is 5.47. The van der Waals surface area contributed by atoms with Gasteiger partial charge in [0, 0.05) is 11.2 Å². The molecule has 2 heteroatoms. The van der Waals surface area contributed by atoms with Crippen molar-refractivity contribution in [3.05, 3.63) is 29.3 Å². The van der Waals surface area contributed by atoms with Crippen LogP contribution in [0.25, 0.3) is 0 Å². The van der Waals surface area contributed by atoms with E-state index in [0.717, 1.165) is 18.5 Å². The first-order valence-electron chi connectivity index (χ1n) is 4.27. The predicted molar refractivity (Wildman–Crippen MR) is 50.7 cm³/mol. The Hall–Kier alpha value is -1.02. The van der Waals surface area contributed by atoms with Gasteiger partial charge in [-0.2, -0.15) is 0 Å². The minimum Gasteiger partial charge on any atom is -0.399 e. The summed E-state index contributed by atoms with van der Waals surface area (Å²) in [5, 5.41) is 0. The van der Waals surface area contributed by atoms with Crippen molar-refractivity contribution in [1.82, 2.24) is 0 Å². The van der Waals surface area contributed by atoms with Crippen LogP contribution in [0.15, 0.2) is 18.2 Å². The van der Waals surface area contributed by atoms with E-state index in [1.54, 1.807) is 0 Å². The van der Waals surface area contributed by atoms with Gasteiger partial charge in [-0.15, -0.1) is 0 Å². The zero-order valence-electron chi connectivity index (χ0n) is 7.30. The summed E-state index contributed by atoms with van der Waals surface area (Å²) in [6.45, 7) is 2.05. The lowest BCUT2D eigenvalue weighted by Crippen LogP contribution is -2.18. The molecule has 0 amide bonds. The zero-order valence-corrected chi connectivity index (χ0v) is 7.30. The molecule has 1 aliphatic carbocycles. The monoisotopic (exact) mass is 162 g/mol. The second kappa shape index (κ2) is 2.23. The molecule has 0 atom stereocenters. The minimum absolute atomic E-state index is 0.0554. The maximum atomic E-state index is 6.05. The molecular weight excluding hydrogens is 148 g/mol. The van der Waals surface area contributed by atoms with Gasteiger partial charge in [0.25, 0.3) is 0 Å². The molecule has 64 valence electrons. The summed E-state index contributed by atoms with van der Waals surface area (Å²) in [7, 11) is 0. The number of rotatable bonds is 1. The van der Waals surface area contributed by atoms with Crippen LogP contribution in [0.2, 0.25) is 0 Å². The van der Waals surface area contributed by atoms with Crippen molar-refractivity contribution in [2.75, 3.05) is 5.73 Å². The number of anilines is 1. The third kappa shape index (κ3) is 1.18. The number of nitrogens with two attached hydrogens (primary N) is 2. The summed E-state index contributed by atoms with van der Waals surface area (Å²) in [5.41, 5.74) is 14.9. The number of hydrogen-bond donors (Lipinski definition) is 2. The van der Waals surface area contributed by atoms with E-state index in [4.69, 9.17) is 11.5 Å². The third-order valence-corrected chi connectivity index (χ3v) is 2.46. The molecule has 1 saturated carbocycles. The highest BCUT2D eigenvalue weighted by Gasteiger charge is 2.39. The van der Waals surface area contributed by atoms with Crippen LogP contribution in [0.4, 0.5) is 5.69 Å². The van der Waals surface area contributed by atoms with E-state index in [1.165, 1.54) is 11.1 Å². The molecule has 0 aromatic heterocycles. The largest absolute Gasteiger partial charge is 0.399 e. The Morgan fingerprint density at radius 1 is 1.25 bits per heavy atom. The van der Waals surface area contributed by atoms with Gasteiger partial charge in [-0.3, -0.25) is 0 Å². The summed E-state index contributed by atoms with van der Waals surface area (Å²) in [6, 6.07) is 6.08. The van der Waals surface area contributed by atoms with Crippen molar-refractivity contribution in [3.8, 4) is 0 Å². The van der Waals surface area contributed by atoms with Gasteiger partial charge in [0.1, 0.15) is 0 Å². The quantitative estimate of drug-likeness (QED) is 0.615. The molecule has 1 aromatic carbocycles. The molecule has 0 radical (unpaired) electrons. The van der Waals surface area contributed by atoms with E-state index in [-0.39, 0.29) is 5.54 Å². The third-order valence-electron chi connectivity index (χ3n) is 2.46. The van der Waals surface area contributed by atoms with Crippen molar-refractivity contribution in [2.24, 2.45) is 5.73 Å². The van der Waals surface area contributed by atoms with Crippen molar-refractivity contribution < 1.29 is 0 Å². The van der Waals surface area contributed by atoms with Gasteiger partial charge in [0.2, 0.25) is 0 Å². The van der Waals surface area contributed by atoms with Gasteiger partial charge < -0.3 is 11.5 Å². The second-order valence-electron chi connectivity index (χ2n) is 3.79. The van der Waals surface area contributed by atoms with Crippen molar-refractivity contribution >= 4 is 5.69 Å². The van der Waals surface area contributed by atoms with Gasteiger partial charge in [-0.25, -0.2) is 0 Å². The lowest BCUT2D eigenvalue weighted by atomic mass is 10.0. The average molecular weight is 162 g/mol. The molecule has 0 saturated heterocycles. The van der Waals surface area contributed by atoms with E-state index < -0.39 is 0 Å². The van der Waals surface area contributed by atoms with Crippen LogP contribution in [-0.2, 0) is 5.54 Å². The smallest absolute Gasteiger partial charge is 0.0412 e. The van der Waals surface area contributed by atoms with E-state index in [1.807, 2.05) is 19.1 Å². The number of hydrogen-bond acceptors (Lipinski definition) is 2. The maximum absolute atomic E-state index is 6.05. The van der Waals surface area contributed by atoms with Crippen molar-refractivity contribution in [3.63, 3.8) is 0 Å². The van der Waals surface area contributed by atoms with E-state index >= 15 is 0 Å². The molecule has 1 aliphatic rings. The lowest BCUT2D eigenvalue weighted by molar-refractivity contribution is 0.739. The molecule has 1 aromatic rings. The Morgan fingerprint density at radius 3 is 2.42 bits per heavy atom. The Morgan fingerprint density at radius 2 is 1.92 bits per heavy atom. The van der Waals surface area contributed by atoms with Crippen LogP contribution in [0.5, 0.6) is 0 Å². The maximum Gasteiger partial charge on any atom is 0.0412 e. The van der Waals surface area contributed by atoms with Crippen LogP contribution in [0, 0.1) is 6.92 Å². The highest BCUT2D eigenvalue weighted by atomic mass is 14.8. The molecule has 12 heavy (non-hydrogen) atoms. The first kappa shape index (κ1) is 7.62. The molecule has 4 N–H and O–H groups in total. The number of aryl methyl sites for hydroxylation is 1. The molecule has 2 rings (SSSR count). The van der Waals surface area contributed by atoms with Crippen LogP contribution < -0.4 is 11.5 Å². The van der Waals surface area contributed by atoms with Crippen LogP contribution in [-0.4, -0.2) is 0 Å². The van der Waals surface area contributed by atoms with Crippen LogP contribution >= 0.6 is 0 Å². The minimum atomic E-state index is -0.0554. The second-order valence-corrected chi connectivity index (χ2v) is 3.79. The van der Waals surface area contributed by atoms with Crippen LogP contribution in [0.3, 0.4) is 0 Å². The molecule has 1 fully saturated rings. The molecule has 0 aliphatic heterocycles. The molecular formula is C10H14N2. The van der Waals surface area contributed by atoms with Crippen LogP contribution in [0.1, 0.15) is 24.0 Å². The van der Waals surface area contributed by atoms with E-state index in [0.29, 0.717) is 0 Å². The summed E-state index contributed by atoms with van der Waals surface area (Å²) in [4.78, 5) is 0. The fourth-order valence-corrected chi connectivity index (χ4v) is 1.52. The van der Waals surface area contributed by atoms with Crippen molar-refractivity contribution in [1.29, 1.82) is 0 Å². The Kier molecular flexibility index (Phi) is 1.42. The summed E-state index contributed by atoms with van der Waals surface area (Å²) >= 11 is 0. The fourth-order valence-electron chi connectivity index (χ4n) is 1.52. The molecule has 0 unspecified atom stereocenters. The summed E-state index contributed by atoms with van der Waals surface area (Å²) < 4.78 is 0. The Bertz CT molecular complexity index is 293. The van der Waals surface area contributed by atoms with E-state index in [2.05, 4.69) is 6.07 Å². The SMILES string of the molecule is Cc1cc(N)cc(C2(N)CC2)c1. The van der Waals surface area contributed by atoms with Crippen molar-refractivity contribution in [2.45, 2.75) is 25.3 Å². The highest BCUT2D eigenvalue weighted by Crippen LogP contribution is 2.43. The number of benzene rings is 1. The van der Waals surface area contributed by atoms with Gasteiger partial charge in [0.15, 0.2) is 0 Å². The number of nitrogen functional groups attached to an aromatic ring is 1. The lowest BCUT2D eigenvalue weighted by Gasteiger charge is -2.10.